The summed E-state index contributed by atoms with van der Waals surface area (Å²) in [7, 11) is 1.41. The lowest BCUT2D eigenvalue weighted by molar-refractivity contribution is -0.117. The fraction of sp³-hybridized carbons (Fsp3) is 0.167. The van der Waals surface area contributed by atoms with E-state index in [2.05, 4.69) is 0 Å². The van der Waals surface area contributed by atoms with Gasteiger partial charge >= 0.3 is 0 Å². The number of amides is 1. The van der Waals surface area contributed by atoms with Crippen LogP contribution in [-0.4, -0.2) is 24.4 Å². The van der Waals surface area contributed by atoms with Crippen LogP contribution in [0.1, 0.15) is 22.3 Å². The molecule has 0 radical (unpaired) electrons. The lowest BCUT2D eigenvalue weighted by Gasteiger charge is -2.07. The van der Waals surface area contributed by atoms with Gasteiger partial charge in [0.25, 0.3) is 0 Å². The quantitative estimate of drug-likeness (QED) is 0.748. The molecule has 0 saturated heterocycles. The maximum atomic E-state index is 10.8. The number of aldehydes is 1. The smallest absolute Gasteiger partial charge is 0.221 e. The van der Waals surface area contributed by atoms with Gasteiger partial charge in [-0.2, -0.15) is 0 Å². The number of aromatic hydroxyl groups is 1. The summed E-state index contributed by atoms with van der Waals surface area (Å²) in [6.07, 6.45) is 3.59. The summed E-state index contributed by atoms with van der Waals surface area (Å²) in [4.78, 5) is 21.4. The molecule has 0 fully saturated rings. The summed E-state index contributed by atoms with van der Waals surface area (Å²) in [5.74, 6) is -0.372. The number of phenols is 1. The molecule has 0 spiro atoms. The summed E-state index contributed by atoms with van der Waals surface area (Å²) in [6, 6.07) is 3.01. The summed E-state index contributed by atoms with van der Waals surface area (Å²) in [6.45, 7) is 0. The van der Waals surface area contributed by atoms with E-state index in [1.807, 2.05) is 0 Å². The molecule has 0 unspecified atom stereocenters. The Kier molecular flexibility index (Phi) is 4.28. The lowest BCUT2D eigenvalue weighted by atomic mass is 10.1. The van der Waals surface area contributed by atoms with E-state index in [1.165, 1.54) is 31.4 Å². The Hall–Kier alpha value is -2.30. The molecule has 1 aromatic carbocycles. The normalized spacial score (nSPS) is 10.4. The molecule has 0 heterocycles. The molecule has 0 saturated carbocycles. The van der Waals surface area contributed by atoms with Gasteiger partial charge in [0.15, 0.2) is 17.8 Å². The molecule has 1 amide bonds. The van der Waals surface area contributed by atoms with Crippen LogP contribution in [0.4, 0.5) is 0 Å². The average molecular weight is 235 g/mol. The van der Waals surface area contributed by atoms with Crippen molar-refractivity contribution < 1.29 is 19.4 Å². The predicted molar refractivity (Wildman–Crippen MR) is 62.9 cm³/mol. The van der Waals surface area contributed by atoms with Crippen LogP contribution in [0.3, 0.4) is 0 Å². The Morgan fingerprint density at radius 1 is 1.53 bits per heavy atom. The van der Waals surface area contributed by atoms with Crippen LogP contribution in [0.25, 0.3) is 6.08 Å². The monoisotopic (exact) mass is 235 g/mol. The lowest BCUT2D eigenvalue weighted by Crippen LogP contribution is -2.07. The molecule has 0 bridgehead atoms. The minimum atomic E-state index is -0.490. The molecule has 0 aromatic heterocycles. The number of methoxy groups -OCH3 is 1. The van der Waals surface area contributed by atoms with Crippen molar-refractivity contribution >= 4 is 18.3 Å². The first-order valence-electron chi connectivity index (χ1n) is 4.90. The second kappa shape index (κ2) is 5.69. The first kappa shape index (κ1) is 12.8. The van der Waals surface area contributed by atoms with Gasteiger partial charge in [-0.1, -0.05) is 12.2 Å². The Labute approximate surface area is 98.5 Å². The maximum Gasteiger partial charge on any atom is 0.221 e. The van der Waals surface area contributed by atoms with Crippen molar-refractivity contribution in [1.82, 2.24) is 0 Å². The third kappa shape index (κ3) is 3.07. The second-order valence-corrected chi connectivity index (χ2v) is 3.31. The van der Waals surface area contributed by atoms with E-state index in [9.17, 15) is 14.7 Å². The molecule has 5 nitrogen and oxygen atoms in total. The number of primary amides is 1. The number of carbonyl (C=O) groups excluding carboxylic acids is 2. The fourth-order valence-electron chi connectivity index (χ4n) is 1.34. The molecule has 0 atom stereocenters. The van der Waals surface area contributed by atoms with Crippen molar-refractivity contribution in [2.24, 2.45) is 5.73 Å². The highest BCUT2D eigenvalue weighted by atomic mass is 16.5. The summed E-state index contributed by atoms with van der Waals surface area (Å²) < 4.78 is 4.92. The fourth-order valence-corrected chi connectivity index (χ4v) is 1.34. The highest BCUT2D eigenvalue weighted by Gasteiger charge is 2.10. The minimum absolute atomic E-state index is 0.0367. The van der Waals surface area contributed by atoms with E-state index >= 15 is 0 Å². The van der Waals surface area contributed by atoms with Gasteiger partial charge in [-0.05, 0) is 12.1 Å². The third-order valence-corrected chi connectivity index (χ3v) is 2.16. The summed E-state index contributed by atoms with van der Waals surface area (Å²) >= 11 is 0. The van der Waals surface area contributed by atoms with Gasteiger partial charge in [-0.25, -0.2) is 0 Å². The van der Waals surface area contributed by atoms with Crippen molar-refractivity contribution in [2.45, 2.75) is 6.42 Å². The van der Waals surface area contributed by atoms with Gasteiger partial charge in [0.05, 0.1) is 7.11 Å². The Morgan fingerprint density at radius 2 is 2.24 bits per heavy atom. The number of nitrogens with two attached hydrogens (primary N) is 1. The van der Waals surface area contributed by atoms with Crippen molar-refractivity contribution in [3.05, 3.63) is 29.3 Å². The standard InChI is InChI=1S/C12H13NO4/c1-17-10-6-5-8(7-14)9(12(10)16)3-2-4-11(13)15/h2-3,5-7,16H,4H2,1H3,(H2,13,15). The molecule has 0 aliphatic heterocycles. The van der Waals surface area contributed by atoms with Crippen molar-refractivity contribution in [1.29, 1.82) is 0 Å². The van der Waals surface area contributed by atoms with Crippen molar-refractivity contribution in [3.8, 4) is 11.5 Å². The van der Waals surface area contributed by atoms with Gasteiger partial charge < -0.3 is 15.6 Å². The van der Waals surface area contributed by atoms with Gasteiger partial charge in [0, 0.05) is 17.5 Å². The summed E-state index contributed by atoms with van der Waals surface area (Å²) in [5.41, 5.74) is 5.59. The molecule has 0 aliphatic rings. The van der Waals surface area contributed by atoms with E-state index < -0.39 is 5.91 Å². The molecular formula is C12H13NO4. The molecule has 90 valence electrons. The van der Waals surface area contributed by atoms with Gasteiger partial charge in [-0.15, -0.1) is 0 Å². The van der Waals surface area contributed by atoms with Gasteiger partial charge in [0.2, 0.25) is 5.91 Å². The van der Waals surface area contributed by atoms with Crippen LogP contribution in [-0.2, 0) is 4.79 Å². The zero-order chi connectivity index (χ0) is 12.8. The first-order chi connectivity index (χ1) is 8.10. The van der Waals surface area contributed by atoms with E-state index in [0.717, 1.165) is 0 Å². The predicted octanol–water partition coefficient (Wildman–Crippen LogP) is 1.10. The van der Waals surface area contributed by atoms with E-state index in [0.29, 0.717) is 17.4 Å². The number of hydrogen-bond donors (Lipinski definition) is 2. The number of ether oxygens (including phenoxy) is 1. The van der Waals surface area contributed by atoms with Crippen LogP contribution < -0.4 is 10.5 Å². The van der Waals surface area contributed by atoms with Crippen LogP contribution in [0.5, 0.6) is 11.5 Å². The second-order valence-electron chi connectivity index (χ2n) is 3.31. The zero-order valence-electron chi connectivity index (χ0n) is 9.34. The van der Waals surface area contributed by atoms with E-state index in [1.54, 1.807) is 0 Å². The van der Waals surface area contributed by atoms with Gasteiger partial charge in [-0.3, -0.25) is 9.59 Å². The van der Waals surface area contributed by atoms with E-state index in [4.69, 9.17) is 10.5 Å². The highest BCUT2D eigenvalue weighted by Crippen LogP contribution is 2.32. The first-order valence-corrected chi connectivity index (χ1v) is 4.90. The van der Waals surface area contributed by atoms with Gasteiger partial charge in [0.1, 0.15) is 0 Å². The number of rotatable bonds is 5. The Bertz CT molecular complexity index is 466. The largest absolute Gasteiger partial charge is 0.504 e. The Balaban J connectivity index is 3.14. The average Bonchev–Trinajstić information content (AvgIpc) is 2.30. The Morgan fingerprint density at radius 3 is 2.76 bits per heavy atom. The molecule has 5 heteroatoms. The SMILES string of the molecule is COc1ccc(C=O)c(C=CCC(N)=O)c1O. The van der Waals surface area contributed by atoms with Crippen LogP contribution in [0, 0.1) is 0 Å². The van der Waals surface area contributed by atoms with Crippen LogP contribution in [0.2, 0.25) is 0 Å². The molecular weight excluding hydrogens is 222 g/mol. The minimum Gasteiger partial charge on any atom is -0.504 e. The highest BCUT2D eigenvalue weighted by molar-refractivity contribution is 5.86. The van der Waals surface area contributed by atoms with E-state index in [-0.39, 0.29) is 17.9 Å². The molecule has 1 aromatic rings. The number of carbonyl (C=O) groups is 2. The molecule has 1 rings (SSSR count). The van der Waals surface area contributed by atoms with Crippen LogP contribution in [0.15, 0.2) is 18.2 Å². The van der Waals surface area contributed by atoms with Crippen molar-refractivity contribution in [2.75, 3.05) is 7.11 Å². The number of phenolic OH excluding ortho intramolecular Hbond substituents is 1. The zero-order valence-corrected chi connectivity index (χ0v) is 9.34. The maximum absolute atomic E-state index is 10.8. The summed E-state index contributed by atoms with van der Waals surface area (Å²) in [5, 5.41) is 9.81. The topological polar surface area (TPSA) is 89.6 Å². The number of benzene rings is 1. The third-order valence-electron chi connectivity index (χ3n) is 2.16. The van der Waals surface area contributed by atoms with Crippen LogP contribution >= 0.6 is 0 Å². The molecule has 3 N–H and O–H groups in total. The molecule has 17 heavy (non-hydrogen) atoms. The number of hydrogen-bond acceptors (Lipinski definition) is 4. The van der Waals surface area contributed by atoms with Crippen molar-refractivity contribution in [3.63, 3.8) is 0 Å². The molecule has 0 aliphatic carbocycles.